The van der Waals surface area contributed by atoms with Crippen molar-refractivity contribution in [3.05, 3.63) is 12.2 Å². The highest BCUT2D eigenvalue weighted by atomic mass is 15.4. The van der Waals surface area contributed by atoms with Gasteiger partial charge in [-0.25, -0.2) is 9.67 Å². The Morgan fingerprint density at radius 2 is 2.05 bits per heavy atom. The molecule has 0 aromatic carbocycles. The normalized spacial score (nSPS) is 20.1. The van der Waals surface area contributed by atoms with Gasteiger partial charge < -0.3 is 10.2 Å². The van der Waals surface area contributed by atoms with Gasteiger partial charge >= 0.3 is 0 Å². The zero-order chi connectivity index (χ0) is 13.9. The number of nitrogens with zero attached hydrogens (tertiary/aromatic N) is 4. The van der Waals surface area contributed by atoms with E-state index in [9.17, 15) is 0 Å². The first-order chi connectivity index (χ1) is 9.00. The van der Waals surface area contributed by atoms with Crippen molar-refractivity contribution in [3.63, 3.8) is 0 Å². The van der Waals surface area contributed by atoms with Gasteiger partial charge in [0.25, 0.3) is 0 Å². The largest absolute Gasteiger partial charge is 0.309 e. The van der Waals surface area contributed by atoms with Crippen molar-refractivity contribution in [1.29, 1.82) is 0 Å². The van der Waals surface area contributed by atoms with E-state index in [1.54, 1.807) is 6.33 Å². The summed E-state index contributed by atoms with van der Waals surface area (Å²) >= 11 is 0. The number of likely N-dealkylation sites (tertiary alicyclic amines) is 1. The summed E-state index contributed by atoms with van der Waals surface area (Å²) in [6, 6.07) is 0.373. The third-order valence-corrected chi connectivity index (χ3v) is 4.17. The summed E-state index contributed by atoms with van der Waals surface area (Å²) in [7, 11) is 2.21. The van der Waals surface area contributed by atoms with Crippen LogP contribution in [0, 0.1) is 5.41 Å². The highest BCUT2D eigenvalue weighted by Crippen LogP contribution is 2.29. The summed E-state index contributed by atoms with van der Waals surface area (Å²) < 4.78 is 1.99. The van der Waals surface area contributed by atoms with Gasteiger partial charge in [0.1, 0.15) is 12.2 Å². The van der Waals surface area contributed by atoms with Crippen LogP contribution in [0.1, 0.15) is 45.5 Å². The van der Waals surface area contributed by atoms with Crippen LogP contribution in [0.15, 0.2) is 6.33 Å². The Labute approximate surface area is 116 Å². The first-order valence-electron chi connectivity index (χ1n) is 7.28. The lowest BCUT2D eigenvalue weighted by Gasteiger charge is -2.38. The molecule has 1 aliphatic heterocycles. The summed E-state index contributed by atoms with van der Waals surface area (Å²) in [5, 5.41) is 7.83. The topological polar surface area (TPSA) is 46.0 Å². The van der Waals surface area contributed by atoms with Crippen LogP contribution in [-0.2, 0) is 6.54 Å². The molecule has 1 N–H and O–H groups in total. The van der Waals surface area contributed by atoms with Crippen molar-refractivity contribution in [1.82, 2.24) is 25.0 Å². The highest BCUT2D eigenvalue weighted by molar-refractivity contribution is 4.88. The molecule has 2 rings (SSSR count). The predicted molar refractivity (Wildman–Crippen MR) is 77.0 cm³/mol. The average Bonchev–Trinajstić information content (AvgIpc) is 2.82. The second-order valence-corrected chi connectivity index (χ2v) is 6.43. The summed E-state index contributed by atoms with van der Waals surface area (Å²) in [6.07, 6.45) is 4.19. The Bertz CT molecular complexity index is 390. The standard InChI is InChI=1S/C14H27N5/c1-12(2)19-13(16-11-17-19)9-15-10-14(3)5-7-18(4)8-6-14/h11-12,15H,5-10H2,1-4H3. The minimum absolute atomic E-state index is 0.373. The van der Waals surface area contributed by atoms with Crippen molar-refractivity contribution in [2.75, 3.05) is 26.7 Å². The van der Waals surface area contributed by atoms with Crippen molar-refractivity contribution >= 4 is 0 Å². The molecule has 1 fully saturated rings. The quantitative estimate of drug-likeness (QED) is 0.880. The number of hydrogen-bond acceptors (Lipinski definition) is 4. The van der Waals surface area contributed by atoms with Gasteiger partial charge in [0.05, 0.1) is 6.54 Å². The van der Waals surface area contributed by atoms with E-state index in [1.165, 1.54) is 25.9 Å². The minimum Gasteiger partial charge on any atom is -0.309 e. The molecule has 0 spiro atoms. The highest BCUT2D eigenvalue weighted by Gasteiger charge is 2.28. The molecular weight excluding hydrogens is 238 g/mol. The van der Waals surface area contributed by atoms with Gasteiger partial charge in [0, 0.05) is 12.6 Å². The Balaban J connectivity index is 1.81. The molecule has 0 bridgehead atoms. The first-order valence-corrected chi connectivity index (χ1v) is 7.28. The predicted octanol–water partition coefficient (Wildman–Crippen LogP) is 1.68. The molecule has 1 aromatic rings. The zero-order valence-corrected chi connectivity index (χ0v) is 12.7. The number of rotatable bonds is 5. The Morgan fingerprint density at radius 3 is 2.68 bits per heavy atom. The fourth-order valence-electron chi connectivity index (χ4n) is 2.64. The third-order valence-electron chi connectivity index (χ3n) is 4.17. The monoisotopic (exact) mass is 265 g/mol. The molecule has 0 atom stereocenters. The molecule has 1 saturated heterocycles. The molecule has 1 aliphatic rings. The lowest BCUT2D eigenvalue weighted by Crippen LogP contribution is -2.42. The lowest BCUT2D eigenvalue weighted by atomic mass is 9.80. The van der Waals surface area contributed by atoms with Gasteiger partial charge in [-0.3, -0.25) is 0 Å². The van der Waals surface area contributed by atoms with Crippen LogP contribution < -0.4 is 5.32 Å². The third kappa shape index (κ3) is 3.76. The molecule has 2 heterocycles. The fourth-order valence-corrected chi connectivity index (χ4v) is 2.64. The molecule has 1 aromatic heterocycles. The molecule has 0 unspecified atom stereocenters. The second kappa shape index (κ2) is 6.01. The van der Waals surface area contributed by atoms with E-state index < -0.39 is 0 Å². The fraction of sp³-hybridized carbons (Fsp3) is 0.857. The van der Waals surface area contributed by atoms with Crippen LogP contribution in [0.25, 0.3) is 0 Å². The van der Waals surface area contributed by atoms with Crippen LogP contribution >= 0.6 is 0 Å². The molecule has 0 saturated carbocycles. The summed E-state index contributed by atoms with van der Waals surface area (Å²) in [5.74, 6) is 1.03. The van der Waals surface area contributed by atoms with Crippen LogP contribution in [0.5, 0.6) is 0 Å². The zero-order valence-electron chi connectivity index (χ0n) is 12.7. The molecule has 0 radical (unpaired) electrons. The Hall–Kier alpha value is -0.940. The number of aromatic nitrogens is 3. The molecule has 5 nitrogen and oxygen atoms in total. The molecule has 108 valence electrons. The van der Waals surface area contributed by atoms with E-state index in [0.717, 1.165) is 18.9 Å². The number of nitrogens with one attached hydrogen (secondary N) is 1. The molecule has 0 amide bonds. The summed E-state index contributed by atoms with van der Waals surface area (Å²) in [5.41, 5.74) is 0.426. The van der Waals surface area contributed by atoms with Gasteiger partial charge in [-0.05, 0) is 52.2 Å². The van der Waals surface area contributed by atoms with Crippen LogP contribution in [0.2, 0.25) is 0 Å². The Kier molecular flexibility index (Phi) is 4.58. The van der Waals surface area contributed by atoms with Crippen molar-refractivity contribution in [2.45, 2.75) is 46.2 Å². The molecular formula is C14H27N5. The maximum atomic E-state index is 4.34. The van der Waals surface area contributed by atoms with Gasteiger partial charge in [-0.2, -0.15) is 5.10 Å². The van der Waals surface area contributed by atoms with E-state index in [-0.39, 0.29) is 0 Å². The van der Waals surface area contributed by atoms with Crippen molar-refractivity contribution < 1.29 is 0 Å². The van der Waals surface area contributed by atoms with E-state index >= 15 is 0 Å². The second-order valence-electron chi connectivity index (χ2n) is 6.43. The van der Waals surface area contributed by atoms with E-state index in [1.807, 2.05) is 4.68 Å². The van der Waals surface area contributed by atoms with Crippen molar-refractivity contribution in [2.24, 2.45) is 5.41 Å². The molecule has 19 heavy (non-hydrogen) atoms. The van der Waals surface area contributed by atoms with Gasteiger partial charge in [0.2, 0.25) is 0 Å². The smallest absolute Gasteiger partial charge is 0.141 e. The minimum atomic E-state index is 0.373. The van der Waals surface area contributed by atoms with Gasteiger partial charge in [-0.1, -0.05) is 6.92 Å². The number of piperidine rings is 1. The number of hydrogen-bond donors (Lipinski definition) is 1. The van der Waals surface area contributed by atoms with E-state index in [2.05, 4.69) is 48.1 Å². The van der Waals surface area contributed by atoms with E-state index in [0.29, 0.717) is 11.5 Å². The maximum absolute atomic E-state index is 4.34. The van der Waals surface area contributed by atoms with Gasteiger partial charge in [-0.15, -0.1) is 0 Å². The van der Waals surface area contributed by atoms with Gasteiger partial charge in [0.15, 0.2) is 0 Å². The van der Waals surface area contributed by atoms with Crippen molar-refractivity contribution in [3.8, 4) is 0 Å². The van der Waals surface area contributed by atoms with E-state index in [4.69, 9.17) is 0 Å². The summed E-state index contributed by atoms with van der Waals surface area (Å²) in [4.78, 5) is 6.75. The SMILES string of the molecule is CC(C)n1ncnc1CNCC1(C)CCN(C)CC1. The average molecular weight is 265 g/mol. The maximum Gasteiger partial charge on any atom is 0.141 e. The van der Waals surface area contributed by atoms with Crippen LogP contribution in [0.3, 0.4) is 0 Å². The first kappa shape index (κ1) is 14.5. The molecule has 5 heteroatoms. The van der Waals surface area contributed by atoms with Crippen LogP contribution in [0.4, 0.5) is 0 Å². The molecule has 0 aliphatic carbocycles. The Morgan fingerprint density at radius 1 is 1.37 bits per heavy atom. The lowest BCUT2D eigenvalue weighted by molar-refractivity contribution is 0.136. The van der Waals surface area contributed by atoms with Crippen LogP contribution in [-0.4, -0.2) is 46.3 Å². The summed E-state index contributed by atoms with van der Waals surface area (Å²) in [6.45, 7) is 10.9.